The van der Waals surface area contributed by atoms with Crippen LogP contribution in [0, 0.1) is 12.7 Å². The minimum Gasteiger partial charge on any atom is -0.452 e. The van der Waals surface area contributed by atoms with Gasteiger partial charge in [-0.05, 0) is 48.7 Å². The highest BCUT2D eigenvalue weighted by molar-refractivity contribution is 7.92. The molecule has 2 aromatic carbocycles. The summed E-state index contributed by atoms with van der Waals surface area (Å²) >= 11 is 0. The average molecular weight is 431 g/mol. The number of esters is 1. The highest BCUT2D eigenvalue weighted by Gasteiger charge is 2.27. The van der Waals surface area contributed by atoms with E-state index < -0.39 is 16.0 Å². The van der Waals surface area contributed by atoms with Gasteiger partial charge in [-0.1, -0.05) is 17.3 Å². The molecule has 10 heteroatoms. The van der Waals surface area contributed by atoms with Crippen molar-refractivity contribution >= 4 is 21.7 Å². The van der Waals surface area contributed by atoms with Gasteiger partial charge < -0.3 is 9.26 Å². The number of rotatable bonds is 5. The number of benzene rings is 2. The molecule has 0 spiro atoms. The standard InChI is InChI=1S/C20H18FN3O5S/c1-12-3-4-14(10-16(12)21)19-22-18(29-23-19)11-28-20(25)15-5-6-17-13(9-15)7-8-24(17)30(2,26)27/h3-6,9-10H,7-8,11H2,1-2H3. The molecule has 8 nitrogen and oxygen atoms in total. The van der Waals surface area contributed by atoms with E-state index in [-0.39, 0.29) is 24.1 Å². The van der Waals surface area contributed by atoms with Gasteiger partial charge in [0.25, 0.3) is 5.89 Å². The molecular weight excluding hydrogens is 413 g/mol. The average Bonchev–Trinajstić information content (AvgIpc) is 3.34. The molecule has 156 valence electrons. The fourth-order valence-electron chi connectivity index (χ4n) is 3.22. The molecule has 0 aliphatic carbocycles. The number of fused-ring (bicyclic) bond motifs is 1. The minimum atomic E-state index is -3.36. The minimum absolute atomic E-state index is 0.0729. The lowest BCUT2D eigenvalue weighted by atomic mass is 10.1. The van der Waals surface area contributed by atoms with Crippen LogP contribution in [0.15, 0.2) is 40.9 Å². The van der Waals surface area contributed by atoms with Crippen LogP contribution in [0.4, 0.5) is 10.1 Å². The highest BCUT2D eigenvalue weighted by Crippen LogP contribution is 2.31. The van der Waals surface area contributed by atoms with Gasteiger partial charge in [-0.2, -0.15) is 4.98 Å². The van der Waals surface area contributed by atoms with E-state index >= 15 is 0 Å². The lowest BCUT2D eigenvalue weighted by molar-refractivity contribution is 0.0429. The third-order valence-electron chi connectivity index (χ3n) is 4.79. The van der Waals surface area contributed by atoms with Crippen molar-refractivity contribution in [2.75, 3.05) is 17.1 Å². The summed E-state index contributed by atoms with van der Waals surface area (Å²) in [6, 6.07) is 9.32. The summed E-state index contributed by atoms with van der Waals surface area (Å²) in [5.41, 5.74) is 2.58. The van der Waals surface area contributed by atoms with Gasteiger partial charge in [0, 0.05) is 12.1 Å². The van der Waals surface area contributed by atoms with Crippen LogP contribution in [-0.4, -0.2) is 37.3 Å². The summed E-state index contributed by atoms with van der Waals surface area (Å²) in [4.78, 5) is 16.5. The quantitative estimate of drug-likeness (QED) is 0.572. The second-order valence-electron chi connectivity index (χ2n) is 6.98. The zero-order chi connectivity index (χ0) is 21.5. The van der Waals surface area contributed by atoms with E-state index in [0.29, 0.717) is 35.3 Å². The molecule has 30 heavy (non-hydrogen) atoms. The molecule has 0 radical (unpaired) electrons. The first-order valence-corrected chi connectivity index (χ1v) is 10.9. The largest absolute Gasteiger partial charge is 0.452 e. The van der Waals surface area contributed by atoms with Gasteiger partial charge in [0.2, 0.25) is 15.8 Å². The summed E-state index contributed by atoms with van der Waals surface area (Å²) < 4.78 is 48.9. The number of sulfonamides is 1. The van der Waals surface area contributed by atoms with E-state index in [0.717, 1.165) is 11.8 Å². The van der Waals surface area contributed by atoms with Crippen molar-refractivity contribution in [2.45, 2.75) is 20.0 Å². The van der Waals surface area contributed by atoms with Crippen LogP contribution in [-0.2, 0) is 27.8 Å². The summed E-state index contributed by atoms with van der Waals surface area (Å²) in [5, 5.41) is 3.78. The van der Waals surface area contributed by atoms with Gasteiger partial charge in [-0.15, -0.1) is 0 Å². The third kappa shape index (κ3) is 3.90. The Morgan fingerprint density at radius 2 is 2.07 bits per heavy atom. The van der Waals surface area contributed by atoms with Crippen molar-refractivity contribution in [1.82, 2.24) is 10.1 Å². The Kier molecular flexibility index (Phi) is 5.02. The fraction of sp³-hybridized carbons (Fsp3) is 0.250. The molecule has 3 aromatic rings. The lowest BCUT2D eigenvalue weighted by Crippen LogP contribution is -2.27. The SMILES string of the molecule is Cc1ccc(-c2noc(COC(=O)c3ccc4c(c3)CCN4S(C)(=O)=O)n2)cc1F. The van der Waals surface area contributed by atoms with Gasteiger partial charge in [0.1, 0.15) is 5.82 Å². The molecule has 0 saturated heterocycles. The van der Waals surface area contributed by atoms with Crippen molar-refractivity contribution in [3.05, 3.63) is 64.8 Å². The maximum atomic E-state index is 13.7. The monoisotopic (exact) mass is 431 g/mol. The highest BCUT2D eigenvalue weighted by atomic mass is 32.2. The molecule has 0 amide bonds. The predicted molar refractivity (Wildman–Crippen MR) is 106 cm³/mol. The molecule has 4 rings (SSSR count). The Balaban J connectivity index is 1.43. The number of carbonyl (C=O) groups excluding carboxylic acids is 1. The van der Waals surface area contributed by atoms with Gasteiger partial charge in [-0.25, -0.2) is 17.6 Å². The van der Waals surface area contributed by atoms with Crippen LogP contribution in [0.25, 0.3) is 11.4 Å². The molecule has 0 bridgehead atoms. The smallest absolute Gasteiger partial charge is 0.338 e. The normalized spacial score (nSPS) is 13.4. The maximum absolute atomic E-state index is 13.7. The molecule has 1 aliphatic rings. The molecule has 0 fully saturated rings. The zero-order valence-electron chi connectivity index (χ0n) is 16.3. The molecule has 0 unspecified atom stereocenters. The second kappa shape index (κ2) is 7.52. The van der Waals surface area contributed by atoms with E-state index in [9.17, 15) is 17.6 Å². The van der Waals surface area contributed by atoms with Crippen molar-refractivity contribution in [3.8, 4) is 11.4 Å². The zero-order valence-corrected chi connectivity index (χ0v) is 17.1. The Morgan fingerprint density at radius 3 is 2.80 bits per heavy atom. The van der Waals surface area contributed by atoms with Crippen LogP contribution in [0.3, 0.4) is 0 Å². The first kappa shape index (κ1) is 20.0. The van der Waals surface area contributed by atoms with Gasteiger partial charge in [0.15, 0.2) is 6.61 Å². The Hall–Kier alpha value is -3.27. The first-order valence-electron chi connectivity index (χ1n) is 9.09. The van der Waals surface area contributed by atoms with E-state index in [1.54, 1.807) is 31.2 Å². The van der Waals surface area contributed by atoms with E-state index in [2.05, 4.69) is 10.1 Å². The molecule has 2 heterocycles. The number of carbonyl (C=O) groups is 1. The lowest BCUT2D eigenvalue weighted by Gasteiger charge is -2.16. The van der Waals surface area contributed by atoms with E-state index in [4.69, 9.17) is 9.26 Å². The van der Waals surface area contributed by atoms with Crippen molar-refractivity contribution in [1.29, 1.82) is 0 Å². The van der Waals surface area contributed by atoms with E-state index in [1.165, 1.54) is 16.4 Å². The number of anilines is 1. The summed E-state index contributed by atoms with van der Waals surface area (Å²) in [7, 11) is -3.36. The second-order valence-corrected chi connectivity index (χ2v) is 8.89. The van der Waals surface area contributed by atoms with Crippen LogP contribution in [0.5, 0.6) is 0 Å². The maximum Gasteiger partial charge on any atom is 0.338 e. The van der Waals surface area contributed by atoms with Crippen molar-refractivity contribution in [3.63, 3.8) is 0 Å². The molecule has 0 N–H and O–H groups in total. The molecule has 0 saturated carbocycles. The summed E-state index contributed by atoms with van der Waals surface area (Å²) in [6.07, 6.45) is 1.66. The van der Waals surface area contributed by atoms with E-state index in [1.807, 2.05) is 0 Å². The number of ether oxygens (including phenoxy) is 1. The van der Waals surface area contributed by atoms with Crippen molar-refractivity contribution < 1.29 is 26.9 Å². The summed E-state index contributed by atoms with van der Waals surface area (Å²) in [5.74, 6) is -0.713. The summed E-state index contributed by atoms with van der Waals surface area (Å²) in [6.45, 7) is 1.75. The third-order valence-corrected chi connectivity index (χ3v) is 5.97. The van der Waals surface area contributed by atoms with Gasteiger partial charge >= 0.3 is 5.97 Å². The number of nitrogens with zero attached hydrogens (tertiary/aromatic N) is 3. The number of hydrogen-bond acceptors (Lipinski definition) is 7. The number of halogens is 1. The van der Waals surface area contributed by atoms with Gasteiger partial charge in [-0.3, -0.25) is 4.31 Å². The Labute approximate surface area is 172 Å². The predicted octanol–water partition coefficient (Wildman–Crippen LogP) is 2.86. The van der Waals surface area contributed by atoms with Crippen molar-refractivity contribution in [2.24, 2.45) is 0 Å². The van der Waals surface area contributed by atoms with Crippen LogP contribution in [0.1, 0.15) is 27.4 Å². The van der Waals surface area contributed by atoms with Gasteiger partial charge in [0.05, 0.1) is 17.5 Å². The number of hydrogen-bond donors (Lipinski definition) is 0. The molecular formula is C20H18FN3O5S. The van der Waals surface area contributed by atoms with Crippen LogP contribution < -0.4 is 4.31 Å². The number of aryl methyl sites for hydroxylation is 1. The Bertz CT molecular complexity index is 1240. The molecule has 0 atom stereocenters. The topological polar surface area (TPSA) is 103 Å². The Morgan fingerprint density at radius 1 is 1.27 bits per heavy atom. The first-order chi connectivity index (χ1) is 14.2. The molecule has 1 aromatic heterocycles. The number of aromatic nitrogens is 2. The van der Waals surface area contributed by atoms with Crippen LogP contribution >= 0.6 is 0 Å². The molecule has 1 aliphatic heterocycles. The fourth-order valence-corrected chi connectivity index (χ4v) is 4.17. The van der Waals surface area contributed by atoms with Crippen LogP contribution in [0.2, 0.25) is 0 Å².